The summed E-state index contributed by atoms with van der Waals surface area (Å²) in [5, 5.41) is 18.1. The number of amides is 2. The number of benzene rings is 1. The van der Waals surface area contributed by atoms with E-state index in [0.29, 0.717) is 0 Å². The van der Waals surface area contributed by atoms with Crippen LogP contribution in [0.25, 0.3) is 5.69 Å². The molecule has 10 heteroatoms. The van der Waals surface area contributed by atoms with Crippen LogP contribution in [0.1, 0.15) is 38.1 Å². The van der Waals surface area contributed by atoms with Gasteiger partial charge in [-0.1, -0.05) is 0 Å². The van der Waals surface area contributed by atoms with Crippen LogP contribution in [0.3, 0.4) is 0 Å². The Labute approximate surface area is 156 Å². The fourth-order valence-corrected chi connectivity index (χ4v) is 2.47. The maximum atomic E-state index is 12.7. The van der Waals surface area contributed by atoms with Gasteiger partial charge in [-0.05, 0) is 39.8 Å². The molecule has 1 N–H and O–H groups in total. The predicted molar refractivity (Wildman–Crippen MR) is 97.5 cm³/mol. The number of aromatic nitrogens is 3. The van der Waals surface area contributed by atoms with E-state index in [1.807, 2.05) is 20.8 Å². The number of likely N-dealkylation sites (N-methyl/N-ethyl adjacent to an activating group) is 1. The molecule has 0 aliphatic carbocycles. The first kappa shape index (κ1) is 20.0. The standard InChI is InChI=1S/C17H22N6O4/c1-5-21(9-15(24)20-17(2,3)4)16(25)12-6-7-13(14(8-12)23(26)27)22-11-18-10-19-22/h6-8,10-11H,5,9H2,1-4H3,(H,20,24). The zero-order valence-corrected chi connectivity index (χ0v) is 15.7. The molecular formula is C17H22N6O4. The molecule has 1 aromatic carbocycles. The third-order valence-corrected chi connectivity index (χ3v) is 3.60. The van der Waals surface area contributed by atoms with E-state index in [2.05, 4.69) is 15.4 Å². The van der Waals surface area contributed by atoms with Gasteiger partial charge in [-0.3, -0.25) is 19.7 Å². The van der Waals surface area contributed by atoms with Crippen LogP contribution in [0.4, 0.5) is 5.69 Å². The Balaban J connectivity index is 2.27. The highest BCUT2D eigenvalue weighted by atomic mass is 16.6. The molecule has 2 rings (SSSR count). The molecule has 2 aromatic rings. The first-order chi connectivity index (χ1) is 12.6. The molecule has 10 nitrogen and oxygen atoms in total. The van der Waals surface area contributed by atoms with Gasteiger partial charge in [0.05, 0.1) is 11.5 Å². The molecule has 0 spiro atoms. The van der Waals surface area contributed by atoms with Crippen LogP contribution in [0.5, 0.6) is 0 Å². The maximum Gasteiger partial charge on any atom is 0.295 e. The summed E-state index contributed by atoms with van der Waals surface area (Å²) in [6.45, 7) is 7.42. The predicted octanol–water partition coefficient (Wildman–Crippen LogP) is 1.55. The molecule has 0 radical (unpaired) electrons. The Hall–Kier alpha value is -3.30. The minimum atomic E-state index is -0.587. The van der Waals surface area contributed by atoms with Crippen LogP contribution in [0, 0.1) is 10.1 Å². The van der Waals surface area contributed by atoms with E-state index in [0.717, 1.165) is 0 Å². The lowest BCUT2D eigenvalue weighted by Gasteiger charge is -2.25. The van der Waals surface area contributed by atoms with E-state index >= 15 is 0 Å². The number of hydrogen-bond acceptors (Lipinski definition) is 6. The topological polar surface area (TPSA) is 123 Å². The van der Waals surface area contributed by atoms with Crippen LogP contribution >= 0.6 is 0 Å². The first-order valence-electron chi connectivity index (χ1n) is 8.36. The van der Waals surface area contributed by atoms with Crippen LogP contribution < -0.4 is 5.32 Å². The fraction of sp³-hybridized carbons (Fsp3) is 0.412. The molecule has 144 valence electrons. The average Bonchev–Trinajstić information content (AvgIpc) is 3.11. The van der Waals surface area contributed by atoms with Crippen molar-refractivity contribution in [3.8, 4) is 5.69 Å². The number of nitrogens with zero attached hydrogens (tertiary/aromatic N) is 5. The summed E-state index contributed by atoms with van der Waals surface area (Å²) in [6.07, 6.45) is 2.59. The molecule has 0 aliphatic rings. The molecular weight excluding hydrogens is 352 g/mol. The molecule has 2 amide bonds. The molecule has 1 aromatic heterocycles. The molecule has 1 heterocycles. The maximum absolute atomic E-state index is 12.7. The second-order valence-corrected chi connectivity index (χ2v) is 6.92. The smallest absolute Gasteiger partial charge is 0.295 e. The molecule has 0 saturated carbocycles. The SMILES string of the molecule is CCN(CC(=O)NC(C)(C)C)C(=O)c1ccc(-n2cncn2)c([N+](=O)[O-])c1. The number of nitro groups is 1. The summed E-state index contributed by atoms with van der Waals surface area (Å²) in [5.74, 6) is -0.763. The number of hydrogen-bond donors (Lipinski definition) is 1. The molecule has 0 bridgehead atoms. The van der Waals surface area contributed by atoms with Crippen molar-refractivity contribution < 1.29 is 14.5 Å². The third kappa shape index (κ3) is 5.09. The van der Waals surface area contributed by atoms with E-state index in [4.69, 9.17) is 0 Å². The van der Waals surface area contributed by atoms with Crippen LogP contribution in [-0.4, -0.2) is 55.0 Å². The van der Waals surface area contributed by atoms with Crippen LogP contribution in [0.2, 0.25) is 0 Å². The summed E-state index contributed by atoms with van der Waals surface area (Å²) in [5.41, 5.74) is -0.377. The second kappa shape index (κ2) is 7.94. The van der Waals surface area contributed by atoms with Crippen molar-refractivity contribution in [2.45, 2.75) is 33.2 Å². The van der Waals surface area contributed by atoms with Crippen molar-refractivity contribution in [2.24, 2.45) is 0 Å². The summed E-state index contributed by atoms with van der Waals surface area (Å²) >= 11 is 0. The molecule has 0 saturated heterocycles. The zero-order valence-electron chi connectivity index (χ0n) is 15.7. The summed E-state index contributed by atoms with van der Waals surface area (Å²) in [7, 11) is 0. The Morgan fingerprint density at radius 1 is 1.33 bits per heavy atom. The van der Waals surface area contributed by atoms with Gasteiger partial charge in [0.15, 0.2) is 0 Å². The Bertz CT molecular complexity index is 842. The van der Waals surface area contributed by atoms with Crippen LogP contribution in [-0.2, 0) is 4.79 Å². The van der Waals surface area contributed by atoms with Crippen molar-refractivity contribution in [1.82, 2.24) is 25.0 Å². The van der Waals surface area contributed by atoms with Crippen molar-refractivity contribution >= 4 is 17.5 Å². The zero-order chi connectivity index (χ0) is 20.2. The quantitative estimate of drug-likeness (QED) is 0.604. The lowest BCUT2D eigenvalue weighted by Crippen LogP contribution is -2.47. The summed E-state index contributed by atoms with van der Waals surface area (Å²) < 4.78 is 1.25. The second-order valence-electron chi connectivity index (χ2n) is 6.92. The van der Waals surface area contributed by atoms with E-state index < -0.39 is 16.4 Å². The van der Waals surface area contributed by atoms with Gasteiger partial charge in [-0.2, -0.15) is 5.10 Å². The number of rotatable bonds is 6. The average molecular weight is 374 g/mol. The van der Waals surface area contributed by atoms with E-state index in [9.17, 15) is 19.7 Å². The molecule has 0 atom stereocenters. The van der Waals surface area contributed by atoms with Crippen LogP contribution in [0.15, 0.2) is 30.9 Å². The fourth-order valence-electron chi connectivity index (χ4n) is 2.47. The van der Waals surface area contributed by atoms with Gasteiger partial charge in [0.25, 0.3) is 11.6 Å². The lowest BCUT2D eigenvalue weighted by molar-refractivity contribution is -0.384. The van der Waals surface area contributed by atoms with Gasteiger partial charge in [0, 0.05) is 23.7 Å². The summed E-state index contributed by atoms with van der Waals surface area (Å²) in [4.78, 5) is 40.8. The third-order valence-electron chi connectivity index (χ3n) is 3.60. The Morgan fingerprint density at radius 3 is 2.56 bits per heavy atom. The Kier molecular flexibility index (Phi) is 5.88. The molecule has 0 unspecified atom stereocenters. The van der Waals surface area contributed by atoms with Crippen molar-refractivity contribution in [3.63, 3.8) is 0 Å². The summed E-state index contributed by atoms with van der Waals surface area (Å²) in [6, 6.07) is 4.09. The van der Waals surface area contributed by atoms with E-state index in [1.54, 1.807) is 6.92 Å². The Morgan fingerprint density at radius 2 is 2.04 bits per heavy atom. The van der Waals surface area contributed by atoms with Crippen molar-refractivity contribution in [3.05, 3.63) is 46.5 Å². The normalized spacial score (nSPS) is 11.1. The van der Waals surface area contributed by atoms with Gasteiger partial charge < -0.3 is 10.2 Å². The first-order valence-corrected chi connectivity index (χ1v) is 8.36. The minimum Gasteiger partial charge on any atom is -0.350 e. The van der Waals surface area contributed by atoms with Gasteiger partial charge in [-0.15, -0.1) is 0 Å². The van der Waals surface area contributed by atoms with Gasteiger partial charge in [0.1, 0.15) is 18.3 Å². The highest BCUT2D eigenvalue weighted by Gasteiger charge is 2.24. The number of carbonyl (C=O) groups is 2. The van der Waals surface area contributed by atoms with Crippen molar-refractivity contribution in [2.75, 3.05) is 13.1 Å². The highest BCUT2D eigenvalue weighted by molar-refractivity contribution is 5.97. The molecule has 0 fully saturated rings. The molecule has 0 aliphatic heterocycles. The van der Waals surface area contributed by atoms with Gasteiger partial charge in [0.2, 0.25) is 5.91 Å². The van der Waals surface area contributed by atoms with Gasteiger partial charge >= 0.3 is 0 Å². The van der Waals surface area contributed by atoms with Crippen molar-refractivity contribution in [1.29, 1.82) is 0 Å². The van der Waals surface area contributed by atoms with E-state index in [1.165, 1.54) is 40.4 Å². The molecule has 27 heavy (non-hydrogen) atoms. The highest BCUT2D eigenvalue weighted by Crippen LogP contribution is 2.24. The number of carbonyl (C=O) groups excluding carboxylic acids is 2. The largest absolute Gasteiger partial charge is 0.350 e. The van der Waals surface area contributed by atoms with Gasteiger partial charge in [-0.25, -0.2) is 9.67 Å². The lowest BCUT2D eigenvalue weighted by atomic mass is 10.1. The van der Waals surface area contributed by atoms with E-state index in [-0.39, 0.29) is 35.9 Å². The minimum absolute atomic E-state index is 0.121. The number of nitrogens with one attached hydrogen (secondary N) is 1. The monoisotopic (exact) mass is 374 g/mol. The number of nitro benzene ring substituents is 1.